The van der Waals surface area contributed by atoms with E-state index in [1.807, 2.05) is 6.92 Å². The molecule has 0 aliphatic carbocycles. The largest absolute Gasteiger partial charge is 0.481 e. The van der Waals surface area contributed by atoms with Gasteiger partial charge in [-0.05, 0) is 13.3 Å². The van der Waals surface area contributed by atoms with Gasteiger partial charge in [-0.1, -0.05) is 12.8 Å². The summed E-state index contributed by atoms with van der Waals surface area (Å²) in [5.74, 6) is 0.786. The lowest BCUT2D eigenvalue weighted by atomic mass is 10.0. The number of terminal acetylenes is 1. The van der Waals surface area contributed by atoms with Crippen molar-refractivity contribution < 1.29 is 19.4 Å². The van der Waals surface area contributed by atoms with Crippen molar-refractivity contribution in [3.8, 4) is 12.3 Å². The number of urea groups is 1. The Morgan fingerprint density at radius 1 is 1.58 bits per heavy atom. The van der Waals surface area contributed by atoms with Crippen molar-refractivity contribution in [3.63, 3.8) is 0 Å². The average Bonchev–Trinajstić information content (AvgIpc) is 2.84. The van der Waals surface area contributed by atoms with E-state index in [1.54, 1.807) is 6.92 Å². The molecule has 0 bridgehead atoms. The molecule has 0 saturated carbocycles. The molecule has 3 atom stereocenters. The zero-order chi connectivity index (χ0) is 14.4. The van der Waals surface area contributed by atoms with E-state index >= 15 is 0 Å². The number of nitrogens with one attached hydrogen (secondary N) is 1. The van der Waals surface area contributed by atoms with Crippen molar-refractivity contribution in [1.82, 2.24) is 10.2 Å². The van der Waals surface area contributed by atoms with Gasteiger partial charge < -0.3 is 20.1 Å². The zero-order valence-corrected chi connectivity index (χ0v) is 11.3. The maximum absolute atomic E-state index is 12.1. The maximum atomic E-state index is 12.1. The minimum absolute atomic E-state index is 0.137. The second-order valence-corrected chi connectivity index (χ2v) is 4.58. The Labute approximate surface area is 113 Å². The second kappa shape index (κ2) is 7.00. The normalized spacial score (nSPS) is 23.4. The van der Waals surface area contributed by atoms with Gasteiger partial charge in [0.1, 0.15) is 5.92 Å². The lowest BCUT2D eigenvalue weighted by Crippen LogP contribution is -2.52. The molecule has 1 heterocycles. The number of carbonyl (C=O) groups is 2. The van der Waals surface area contributed by atoms with Gasteiger partial charge in [0.05, 0.1) is 25.3 Å². The quantitative estimate of drug-likeness (QED) is 0.713. The highest BCUT2D eigenvalue weighted by Crippen LogP contribution is 2.20. The van der Waals surface area contributed by atoms with Crippen LogP contribution in [0.25, 0.3) is 0 Å². The monoisotopic (exact) mass is 268 g/mol. The van der Waals surface area contributed by atoms with E-state index in [-0.39, 0.29) is 19.2 Å². The van der Waals surface area contributed by atoms with Crippen molar-refractivity contribution >= 4 is 12.0 Å². The van der Waals surface area contributed by atoms with Gasteiger partial charge in [0.2, 0.25) is 0 Å². The van der Waals surface area contributed by atoms with Crippen molar-refractivity contribution in [3.05, 3.63) is 0 Å². The van der Waals surface area contributed by atoms with Crippen LogP contribution in [0.5, 0.6) is 0 Å². The summed E-state index contributed by atoms with van der Waals surface area (Å²) in [6, 6.07) is -1.17. The minimum Gasteiger partial charge on any atom is -0.481 e. The summed E-state index contributed by atoms with van der Waals surface area (Å²) >= 11 is 0. The molecule has 0 aromatic rings. The topological polar surface area (TPSA) is 78.9 Å². The molecule has 1 aliphatic rings. The van der Waals surface area contributed by atoms with Gasteiger partial charge in [-0.25, -0.2) is 4.79 Å². The Morgan fingerprint density at radius 3 is 2.79 bits per heavy atom. The summed E-state index contributed by atoms with van der Waals surface area (Å²) in [6.07, 6.45) is 5.96. The van der Waals surface area contributed by atoms with Gasteiger partial charge in [0.15, 0.2) is 0 Å². The summed E-state index contributed by atoms with van der Waals surface area (Å²) in [5, 5.41) is 11.8. The van der Waals surface area contributed by atoms with Crippen LogP contribution < -0.4 is 5.32 Å². The number of amides is 2. The Balaban J connectivity index is 2.79. The molecule has 0 spiro atoms. The Bertz CT molecular complexity index is 377. The molecule has 0 aromatic carbocycles. The molecule has 3 unspecified atom stereocenters. The Morgan fingerprint density at radius 2 is 2.26 bits per heavy atom. The SMILES string of the molecule is C#CC(C)NC(=O)N(CCC)C1COCC1C(=O)O. The van der Waals surface area contributed by atoms with Gasteiger partial charge in [0.25, 0.3) is 0 Å². The highest BCUT2D eigenvalue weighted by atomic mass is 16.5. The van der Waals surface area contributed by atoms with Crippen LogP contribution in [-0.2, 0) is 9.53 Å². The van der Waals surface area contributed by atoms with E-state index in [0.29, 0.717) is 6.54 Å². The molecule has 0 radical (unpaired) electrons. The van der Waals surface area contributed by atoms with E-state index in [2.05, 4.69) is 11.2 Å². The first-order chi connectivity index (χ1) is 9.01. The fraction of sp³-hybridized carbons (Fsp3) is 0.692. The third-order valence-corrected chi connectivity index (χ3v) is 3.08. The van der Waals surface area contributed by atoms with Crippen molar-refractivity contribution in [2.45, 2.75) is 32.4 Å². The molecule has 106 valence electrons. The highest BCUT2D eigenvalue weighted by Gasteiger charge is 2.39. The standard InChI is InChI=1S/C13H20N2O4/c1-4-6-15(13(18)14-9(3)5-2)11-8-19-7-10(11)12(16)17/h2,9-11H,4,6-8H2,1,3H3,(H,14,18)(H,16,17). The number of nitrogens with zero attached hydrogens (tertiary/aromatic N) is 1. The number of ether oxygens (including phenoxy) is 1. The predicted molar refractivity (Wildman–Crippen MR) is 69.6 cm³/mol. The third kappa shape index (κ3) is 3.86. The number of hydrogen-bond donors (Lipinski definition) is 2. The molecule has 1 aliphatic heterocycles. The van der Waals surface area contributed by atoms with Gasteiger partial charge in [-0.2, -0.15) is 0 Å². The molecule has 6 heteroatoms. The fourth-order valence-electron chi connectivity index (χ4n) is 2.05. The number of aliphatic carboxylic acids is 1. The first kappa shape index (κ1) is 15.3. The smallest absolute Gasteiger partial charge is 0.318 e. The third-order valence-electron chi connectivity index (χ3n) is 3.08. The molecule has 1 saturated heterocycles. The van der Waals surface area contributed by atoms with Crippen LogP contribution in [-0.4, -0.2) is 53.8 Å². The van der Waals surface area contributed by atoms with Gasteiger partial charge >= 0.3 is 12.0 Å². The van der Waals surface area contributed by atoms with Gasteiger partial charge in [0, 0.05) is 6.54 Å². The summed E-state index contributed by atoms with van der Waals surface area (Å²) in [6.45, 7) is 4.48. The van der Waals surface area contributed by atoms with E-state index < -0.39 is 24.0 Å². The lowest BCUT2D eigenvalue weighted by Gasteiger charge is -2.30. The molecular formula is C13H20N2O4. The first-order valence-corrected chi connectivity index (χ1v) is 6.35. The number of carboxylic acid groups (broad SMARTS) is 1. The van der Waals surface area contributed by atoms with E-state index in [9.17, 15) is 9.59 Å². The van der Waals surface area contributed by atoms with E-state index in [4.69, 9.17) is 16.3 Å². The molecule has 1 fully saturated rings. The summed E-state index contributed by atoms with van der Waals surface area (Å²) in [4.78, 5) is 24.8. The molecule has 1 rings (SSSR count). The Kier molecular flexibility index (Phi) is 5.64. The number of hydrogen-bond acceptors (Lipinski definition) is 3. The van der Waals surface area contributed by atoms with Crippen molar-refractivity contribution in [1.29, 1.82) is 0 Å². The molecule has 0 aromatic heterocycles. The summed E-state index contributed by atoms with van der Waals surface area (Å²) in [7, 11) is 0. The molecule has 2 amide bonds. The fourth-order valence-corrected chi connectivity index (χ4v) is 2.05. The number of rotatable bonds is 5. The van der Waals surface area contributed by atoms with E-state index in [0.717, 1.165) is 6.42 Å². The predicted octanol–water partition coefficient (Wildman–Crippen LogP) is 0.529. The molecule has 2 N–H and O–H groups in total. The van der Waals surface area contributed by atoms with Crippen LogP contribution in [0.3, 0.4) is 0 Å². The van der Waals surface area contributed by atoms with Crippen molar-refractivity contribution in [2.24, 2.45) is 5.92 Å². The van der Waals surface area contributed by atoms with Crippen LogP contribution in [0.2, 0.25) is 0 Å². The van der Waals surface area contributed by atoms with Crippen LogP contribution in [0.1, 0.15) is 20.3 Å². The average molecular weight is 268 g/mol. The first-order valence-electron chi connectivity index (χ1n) is 6.35. The zero-order valence-electron chi connectivity index (χ0n) is 11.3. The number of carbonyl (C=O) groups excluding carboxylic acids is 1. The lowest BCUT2D eigenvalue weighted by molar-refractivity contribution is -0.142. The van der Waals surface area contributed by atoms with Crippen LogP contribution >= 0.6 is 0 Å². The summed E-state index contributed by atoms with van der Waals surface area (Å²) < 4.78 is 5.20. The van der Waals surface area contributed by atoms with Crippen molar-refractivity contribution in [2.75, 3.05) is 19.8 Å². The summed E-state index contributed by atoms with van der Waals surface area (Å²) in [5.41, 5.74) is 0. The molecular weight excluding hydrogens is 248 g/mol. The van der Waals surface area contributed by atoms with Crippen LogP contribution in [0.4, 0.5) is 4.79 Å². The Hall–Kier alpha value is -1.74. The number of carboxylic acids is 1. The van der Waals surface area contributed by atoms with Crippen LogP contribution in [0.15, 0.2) is 0 Å². The van der Waals surface area contributed by atoms with Gasteiger partial charge in [-0.15, -0.1) is 6.42 Å². The van der Waals surface area contributed by atoms with E-state index in [1.165, 1.54) is 4.90 Å². The minimum atomic E-state index is -0.943. The maximum Gasteiger partial charge on any atom is 0.318 e. The van der Waals surface area contributed by atoms with Crippen LogP contribution in [0, 0.1) is 18.3 Å². The second-order valence-electron chi connectivity index (χ2n) is 4.58. The molecule has 19 heavy (non-hydrogen) atoms. The highest BCUT2D eigenvalue weighted by molar-refractivity contribution is 5.77. The van der Waals surface area contributed by atoms with Gasteiger partial charge in [-0.3, -0.25) is 4.79 Å². The molecule has 6 nitrogen and oxygen atoms in total.